The molecule has 1 fully saturated rings. The van der Waals surface area contributed by atoms with E-state index >= 15 is 0 Å². The summed E-state index contributed by atoms with van der Waals surface area (Å²) in [6, 6.07) is 8.85. The average molecular weight is 231 g/mol. The van der Waals surface area contributed by atoms with Gasteiger partial charge in [0, 0.05) is 13.2 Å². The Morgan fingerprint density at radius 2 is 1.88 bits per heavy atom. The highest BCUT2D eigenvalue weighted by Gasteiger charge is 2.21. The van der Waals surface area contributed by atoms with Crippen LogP contribution in [0.4, 0.5) is 0 Å². The fourth-order valence-electron chi connectivity index (χ4n) is 3.05. The van der Waals surface area contributed by atoms with Crippen LogP contribution in [-0.2, 0) is 17.6 Å². The second kappa shape index (κ2) is 5.19. The molecule has 2 nitrogen and oxygen atoms in total. The molecule has 3 rings (SSSR count). The van der Waals surface area contributed by atoms with Gasteiger partial charge in [-0.3, -0.25) is 0 Å². The number of rotatable bonds is 4. The number of hydrogen-bond donors (Lipinski definition) is 1. The Morgan fingerprint density at radius 1 is 1.12 bits per heavy atom. The van der Waals surface area contributed by atoms with E-state index in [0.29, 0.717) is 6.10 Å². The quantitative estimate of drug-likeness (QED) is 0.857. The van der Waals surface area contributed by atoms with Gasteiger partial charge in [0.1, 0.15) is 0 Å². The highest BCUT2D eigenvalue weighted by atomic mass is 16.5. The van der Waals surface area contributed by atoms with E-state index < -0.39 is 0 Å². The molecule has 0 saturated carbocycles. The Bertz CT molecular complexity index is 346. The maximum atomic E-state index is 5.62. The van der Waals surface area contributed by atoms with Crippen molar-refractivity contribution in [1.29, 1.82) is 0 Å². The lowest BCUT2D eigenvalue weighted by Crippen LogP contribution is -2.30. The second-order valence-corrected chi connectivity index (χ2v) is 5.34. The molecule has 0 spiro atoms. The van der Waals surface area contributed by atoms with Gasteiger partial charge in [-0.05, 0) is 49.3 Å². The third kappa shape index (κ3) is 2.70. The van der Waals surface area contributed by atoms with E-state index in [-0.39, 0.29) is 0 Å². The molecule has 0 bridgehead atoms. The van der Waals surface area contributed by atoms with Crippen LogP contribution >= 0.6 is 0 Å². The van der Waals surface area contributed by atoms with Crippen molar-refractivity contribution in [1.82, 2.24) is 5.32 Å². The fourth-order valence-corrected chi connectivity index (χ4v) is 3.05. The smallest absolute Gasteiger partial charge is 0.0700 e. The van der Waals surface area contributed by atoms with E-state index in [1.54, 1.807) is 11.1 Å². The molecular weight excluding hydrogens is 210 g/mol. The third-order valence-electron chi connectivity index (χ3n) is 3.96. The molecule has 1 saturated heterocycles. The number of hydrogen-bond acceptors (Lipinski definition) is 2. The standard InChI is InChI=1S/C15H21NO/c1-2-5-14-9-12(8-13(14)4-1)10-16-11-15-6-3-7-17-15/h1-2,4-5,12,15-16H,3,6-11H2. The Morgan fingerprint density at radius 3 is 2.53 bits per heavy atom. The zero-order chi connectivity index (χ0) is 11.5. The molecule has 1 heterocycles. The molecule has 1 aliphatic heterocycles. The van der Waals surface area contributed by atoms with E-state index in [2.05, 4.69) is 29.6 Å². The largest absolute Gasteiger partial charge is 0.377 e. The second-order valence-electron chi connectivity index (χ2n) is 5.34. The summed E-state index contributed by atoms with van der Waals surface area (Å²) in [6.07, 6.45) is 5.43. The number of nitrogens with one attached hydrogen (secondary N) is 1. The van der Waals surface area contributed by atoms with Crippen molar-refractivity contribution in [2.75, 3.05) is 19.7 Å². The van der Waals surface area contributed by atoms with Crippen molar-refractivity contribution < 1.29 is 4.74 Å². The van der Waals surface area contributed by atoms with E-state index in [4.69, 9.17) is 4.74 Å². The SMILES string of the molecule is c1ccc2c(c1)CC(CNCC1CCCO1)C2. The van der Waals surface area contributed by atoms with Gasteiger partial charge in [-0.15, -0.1) is 0 Å². The zero-order valence-corrected chi connectivity index (χ0v) is 10.3. The van der Waals surface area contributed by atoms with Crippen LogP contribution in [0.2, 0.25) is 0 Å². The van der Waals surface area contributed by atoms with Crippen molar-refractivity contribution in [3.63, 3.8) is 0 Å². The van der Waals surface area contributed by atoms with E-state index in [1.807, 2.05) is 0 Å². The summed E-state index contributed by atoms with van der Waals surface area (Å²) < 4.78 is 5.62. The molecule has 1 N–H and O–H groups in total. The molecule has 2 aliphatic rings. The van der Waals surface area contributed by atoms with E-state index in [1.165, 1.54) is 25.7 Å². The number of ether oxygens (including phenoxy) is 1. The van der Waals surface area contributed by atoms with Gasteiger partial charge in [0.2, 0.25) is 0 Å². The van der Waals surface area contributed by atoms with Crippen LogP contribution in [-0.4, -0.2) is 25.8 Å². The normalized spacial score (nSPS) is 24.1. The van der Waals surface area contributed by atoms with Crippen LogP contribution in [0.5, 0.6) is 0 Å². The minimum atomic E-state index is 0.471. The predicted octanol–water partition coefficient (Wildman–Crippen LogP) is 2.17. The van der Waals surface area contributed by atoms with E-state index in [9.17, 15) is 0 Å². The molecule has 92 valence electrons. The molecule has 1 atom stereocenters. The monoisotopic (exact) mass is 231 g/mol. The topological polar surface area (TPSA) is 21.3 Å². The predicted molar refractivity (Wildman–Crippen MR) is 69.2 cm³/mol. The van der Waals surface area contributed by atoms with E-state index in [0.717, 1.165) is 25.6 Å². The summed E-state index contributed by atoms with van der Waals surface area (Å²) in [6.45, 7) is 3.13. The highest BCUT2D eigenvalue weighted by Crippen LogP contribution is 2.25. The van der Waals surface area contributed by atoms with Crippen molar-refractivity contribution in [3.05, 3.63) is 35.4 Å². The maximum Gasteiger partial charge on any atom is 0.0700 e. The molecule has 2 heteroatoms. The lowest BCUT2D eigenvalue weighted by Gasteiger charge is -2.14. The first-order valence-corrected chi connectivity index (χ1v) is 6.81. The van der Waals surface area contributed by atoms with Crippen molar-refractivity contribution in [2.24, 2.45) is 5.92 Å². The van der Waals surface area contributed by atoms with Gasteiger partial charge in [0.15, 0.2) is 0 Å². The van der Waals surface area contributed by atoms with Gasteiger partial charge in [-0.2, -0.15) is 0 Å². The molecule has 1 aromatic carbocycles. The van der Waals surface area contributed by atoms with Crippen LogP contribution < -0.4 is 5.32 Å². The lowest BCUT2D eigenvalue weighted by molar-refractivity contribution is 0.109. The molecular formula is C15H21NO. The first kappa shape index (κ1) is 11.2. The molecule has 1 unspecified atom stereocenters. The van der Waals surface area contributed by atoms with Gasteiger partial charge in [0.05, 0.1) is 6.10 Å². The molecule has 0 radical (unpaired) electrons. The molecule has 1 aromatic rings. The molecule has 0 aromatic heterocycles. The lowest BCUT2D eigenvalue weighted by atomic mass is 10.1. The number of fused-ring (bicyclic) bond motifs is 1. The van der Waals surface area contributed by atoms with Gasteiger partial charge >= 0.3 is 0 Å². The van der Waals surface area contributed by atoms with Crippen molar-refractivity contribution in [2.45, 2.75) is 31.8 Å². The highest BCUT2D eigenvalue weighted by molar-refractivity contribution is 5.32. The summed E-state index contributed by atoms with van der Waals surface area (Å²) in [5.74, 6) is 0.786. The molecule has 17 heavy (non-hydrogen) atoms. The van der Waals surface area contributed by atoms with Crippen LogP contribution in [0.15, 0.2) is 24.3 Å². The summed E-state index contributed by atoms with van der Waals surface area (Å²) in [4.78, 5) is 0. The van der Waals surface area contributed by atoms with Crippen LogP contribution in [0.25, 0.3) is 0 Å². The minimum Gasteiger partial charge on any atom is -0.377 e. The van der Waals surface area contributed by atoms with Crippen molar-refractivity contribution >= 4 is 0 Å². The summed E-state index contributed by atoms with van der Waals surface area (Å²) >= 11 is 0. The average Bonchev–Trinajstić information content (AvgIpc) is 2.96. The Kier molecular flexibility index (Phi) is 3.44. The van der Waals surface area contributed by atoms with Crippen LogP contribution in [0.3, 0.4) is 0 Å². The Hall–Kier alpha value is -0.860. The van der Waals surface area contributed by atoms with Crippen molar-refractivity contribution in [3.8, 4) is 0 Å². The Balaban J connectivity index is 1.43. The van der Waals surface area contributed by atoms with Gasteiger partial charge < -0.3 is 10.1 Å². The third-order valence-corrected chi connectivity index (χ3v) is 3.96. The first-order chi connectivity index (χ1) is 8.42. The fraction of sp³-hybridized carbons (Fsp3) is 0.600. The maximum absolute atomic E-state index is 5.62. The minimum absolute atomic E-state index is 0.471. The summed E-state index contributed by atoms with van der Waals surface area (Å²) in [7, 11) is 0. The molecule has 0 amide bonds. The number of benzene rings is 1. The first-order valence-electron chi connectivity index (χ1n) is 6.81. The van der Waals surface area contributed by atoms with Crippen LogP contribution in [0.1, 0.15) is 24.0 Å². The van der Waals surface area contributed by atoms with Crippen LogP contribution in [0, 0.1) is 5.92 Å². The van der Waals surface area contributed by atoms with Gasteiger partial charge in [-0.25, -0.2) is 0 Å². The summed E-state index contributed by atoms with van der Waals surface area (Å²) in [5.41, 5.74) is 3.10. The summed E-state index contributed by atoms with van der Waals surface area (Å²) in [5, 5.41) is 3.58. The van der Waals surface area contributed by atoms with Gasteiger partial charge in [0.25, 0.3) is 0 Å². The molecule has 1 aliphatic carbocycles. The van der Waals surface area contributed by atoms with Gasteiger partial charge in [-0.1, -0.05) is 24.3 Å². The Labute approximate surface area is 103 Å². The zero-order valence-electron chi connectivity index (χ0n) is 10.3.